The fraction of sp³-hybridized carbons (Fsp3) is 0.562. The van der Waals surface area contributed by atoms with E-state index in [0.717, 1.165) is 12.0 Å². The average Bonchev–Trinajstić information content (AvgIpc) is 2.35. The van der Waals surface area contributed by atoms with Crippen LogP contribution >= 0.6 is 0 Å². The Kier molecular flexibility index (Phi) is 4.42. The SMILES string of the molecule is COc1cccc(C(O)[C@@H]2CCN2C(=O)OC(C)(C)C)c1. The van der Waals surface area contributed by atoms with Gasteiger partial charge in [-0.05, 0) is 44.9 Å². The van der Waals surface area contributed by atoms with Gasteiger partial charge in [-0.15, -0.1) is 0 Å². The molecule has 1 aliphatic rings. The van der Waals surface area contributed by atoms with Crippen molar-refractivity contribution in [3.05, 3.63) is 29.8 Å². The highest BCUT2D eigenvalue weighted by Gasteiger charge is 2.40. The highest BCUT2D eigenvalue weighted by Crippen LogP contribution is 2.32. The van der Waals surface area contributed by atoms with Crippen molar-refractivity contribution in [1.82, 2.24) is 4.90 Å². The van der Waals surface area contributed by atoms with Crippen molar-refractivity contribution in [2.24, 2.45) is 0 Å². The molecule has 1 saturated heterocycles. The van der Waals surface area contributed by atoms with Crippen molar-refractivity contribution in [1.29, 1.82) is 0 Å². The third kappa shape index (κ3) is 3.67. The van der Waals surface area contributed by atoms with Crippen LogP contribution in [0.4, 0.5) is 4.79 Å². The fourth-order valence-electron chi connectivity index (χ4n) is 2.33. The topological polar surface area (TPSA) is 59.0 Å². The second-order valence-electron chi connectivity index (χ2n) is 6.25. The van der Waals surface area contributed by atoms with E-state index in [2.05, 4.69) is 0 Å². The van der Waals surface area contributed by atoms with Crippen LogP contribution in [0.1, 0.15) is 38.9 Å². The zero-order valence-corrected chi connectivity index (χ0v) is 13.0. The quantitative estimate of drug-likeness (QED) is 0.931. The number of rotatable bonds is 3. The number of amides is 1. The lowest BCUT2D eigenvalue weighted by Crippen LogP contribution is -2.55. The number of carbonyl (C=O) groups excluding carboxylic acids is 1. The molecule has 1 aliphatic heterocycles. The molecule has 0 spiro atoms. The lowest BCUT2D eigenvalue weighted by Gasteiger charge is -2.43. The second-order valence-corrected chi connectivity index (χ2v) is 6.25. The van der Waals surface area contributed by atoms with E-state index in [4.69, 9.17) is 9.47 Å². The predicted molar refractivity (Wildman–Crippen MR) is 79.3 cm³/mol. The molecule has 0 saturated carbocycles. The summed E-state index contributed by atoms with van der Waals surface area (Å²) in [7, 11) is 1.59. The molecule has 5 heteroatoms. The minimum absolute atomic E-state index is 0.244. The molecule has 0 aliphatic carbocycles. The molecule has 0 radical (unpaired) electrons. The summed E-state index contributed by atoms with van der Waals surface area (Å²) in [6.45, 7) is 6.11. The minimum Gasteiger partial charge on any atom is -0.497 e. The number of hydrogen-bond acceptors (Lipinski definition) is 4. The summed E-state index contributed by atoms with van der Waals surface area (Å²) in [6, 6.07) is 7.03. The maximum absolute atomic E-state index is 12.1. The first-order valence-corrected chi connectivity index (χ1v) is 7.13. The van der Waals surface area contributed by atoms with E-state index < -0.39 is 11.7 Å². The molecule has 116 valence electrons. The van der Waals surface area contributed by atoms with E-state index in [-0.39, 0.29) is 12.1 Å². The smallest absolute Gasteiger partial charge is 0.410 e. The lowest BCUT2D eigenvalue weighted by atomic mass is 9.92. The van der Waals surface area contributed by atoms with Gasteiger partial charge in [0, 0.05) is 6.54 Å². The van der Waals surface area contributed by atoms with Gasteiger partial charge in [-0.2, -0.15) is 0 Å². The number of ether oxygens (including phenoxy) is 2. The van der Waals surface area contributed by atoms with Crippen LogP contribution in [0.5, 0.6) is 5.75 Å². The van der Waals surface area contributed by atoms with Gasteiger partial charge in [0.1, 0.15) is 11.4 Å². The summed E-state index contributed by atoms with van der Waals surface area (Å²) in [4.78, 5) is 13.7. The van der Waals surface area contributed by atoms with Crippen LogP contribution in [0.3, 0.4) is 0 Å². The summed E-state index contributed by atoms with van der Waals surface area (Å²) < 4.78 is 10.5. The Morgan fingerprint density at radius 1 is 1.43 bits per heavy atom. The van der Waals surface area contributed by atoms with Crippen molar-refractivity contribution in [2.45, 2.75) is 44.9 Å². The van der Waals surface area contributed by atoms with Crippen LogP contribution in [-0.2, 0) is 4.74 Å². The first-order chi connectivity index (χ1) is 9.81. The standard InChI is InChI=1S/C16H23NO4/c1-16(2,3)21-15(19)17-9-8-13(17)14(18)11-6-5-7-12(10-11)20-4/h5-7,10,13-14,18H,8-9H2,1-4H3/t13-,14?/m0/s1. The summed E-state index contributed by atoms with van der Waals surface area (Å²) in [5.74, 6) is 0.690. The summed E-state index contributed by atoms with van der Waals surface area (Å²) in [5.41, 5.74) is 0.214. The van der Waals surface area contributed by atoms with Crippen LogP contribution in [0.15, 0.2) is 24.3 Å². The van der Waals surface area contributed by atoms with Gasteiger partial charge in [0.15, 0.2) is 0 Å². The molecule has 0 aromatic heterocycles. The Morgan fingerprint density at radius 2 is 2.14 bits per heavy atom. The maximum Gasteiger partial charge on any atom is 0.410 e. The number of aliphatic hydroxyl groups is 1. The van der Waals surface area contributed by atoms with Gasteiger partial charge in [-0.1, -0.05) is 12.1 Å². The van der Waals surface area contributed by atoms with Gasteiger partial charge < -0.3 is 19.5 Å². The minimum atomic E-state index is -0.735. The molecule has 1 aromatic rings. The monoisotopic (exact) mass is 293 g/mol. The fourth-order valence-corrected chi connectivity index (χ4v) is 2.33. The normalized spacial score (nSPS) is 19.7. The summed E-state index contributed by atoms with van der Waals surface area (Å²) >= 11 is 0. The number of aliphatic hydroxyl groups excluding tert-OH is 1. The number of methoxy groups -OCH3 is 1. The number of hydrogen-bond donors (Lipinski definition) is 1. The number of nitrogens with zero attached hydrogens (tertiary/aromatic N) is 1. The maximum atomic E-state index is 12.1. The van der Waals surface area contributed by atoms with Crippen LogP contribution in [0.2, 0.25) is 0 Å². The van der Waals surface area contributed by atoms with Gasteiger partial charge in [0.25, 0.3) is 0 Å². The van der Waals surface area contributed by atoms with Crippen molar-refractivity contribution >= 4 is 6.09 Å². The molecule has 1 unspecified atom stereocenters. The van der Waals surface area contributed by atoms with Crippen LogP contribution in [0, 0.1) is 0 Å². The first kappa shape index (κ1) is 15.6. The van der Waals surface area contributed by atoms with Crippen LogP contribution < -0.4 is 4.74 Å². The molecule has 2 atom stereocenters. The van der Waals surface area contributed by atoms with E-state index in [1.165, 1.54) is 0 Å². The Balaban J connectivity index is 2.06. The number of likely N-dealkylation sites (tertiary alicyclic amines) is 1. The zero-order chi connectivity index (χ0) is 15.6. The van der Waals surface area contributed by atoms with Crippen molar-refractivity contribution in [3.63, 3.8) is 0 Å². The van der Waals surface area contributed by atoms with E-state index in [9.17, 15) is 9.90 Å². The van der Waals surface area contributed by atoms with Gasteiger partial charge >= 0.3 is 6.09 Å². The Bertz CT molecular complexity index is 509. The zero-order valence-electron chi connectivity index (χ0n) is 13.0. The van der Waals surface area contributed by atoms with Gasteiger partial charge in [0.05, 0.1) is 19.3 Å². The van der Waals surface area contributed by atoms with E-state index in [1.54, 1.807) is 18.1 Å². The average molecular weight is 293 g/mol. The summed E-state index contributed by atoms with van der Waals surface area (Å²) in [6.07, 6.45) is -0.348. The molecule has 0 bridgehead atoms. The van der Waals surface area contributed by atoms with Gasteiger partial charge in [0.2, 0.25) is 0 Å². The van der Waals surface area contributed by atoms with Gasteiger partial charge in [-0.25, -0.2) is 4.79 Å². The molecule has 1 heterocycles. The lowest BCUT2D eigenvalue weighted by molar-refractivity contribution is -0.0409. The molecule has 1 amide bonds. The molecule has 1 N–H and O–H groups in total. The van der Waals surface area contributed by atoms with Crippen LogP contribution in [-0.4, -0.2) is 41.4 Å². The third-order valence-electron chi connectivity index (χ3n) is 3.49. The highest BCUT2D eigenvalue weighted by molar-refractivity contribution is 5.69. The number of benzene rings is 1. The molecular formula is C16H23NO4. The van der Waals surface area contributed by atoms with Crippen molar-refractivity contribution in [2.75, 3.05) is 13.7 Å². The van der Waals surface area contributed by atoms with Crippen molar-refractivity contribution < 1.29 is 19.4 Å². The largest absolute Gasteiger partial charge is 0.497 e. The summed E-state index contributed by atoms with van der Waals surface area (Å²) in [5, 5.41) is 10.5. The highest BCUT2D eigenvalue weighted by atomic mass is 16.6. The number of carbonyl (C=O) groups is 1. The third-order valence-corrected chi connectivity index (χ3v) is 3.49. The molecule has 1 aromatic carbocycles. The molecule has 21 heavy (non-hydrogen) atoms. The molecule has 5 nitrogen and oxygen atoms in total. The molecule has 2 rings (SSSR count). The Hall–Kier alpha value is -1.75. The Labute approximate surface area is 125 Å². The molecule has 1 fully saturated rings. The second kappa shape index (κ2) is 5.93. The first-order valence-electron chi connectivity index (χ1n) is 7.13. The van der Waals surface area contributed by atoms with Crippen molar-refractivity contribution in [3.8, 4) is 5.75 Å². The van der Waals surface area contributed by atoms with E-state index in [1.807, 2.05) is 39.0 Å². The van der Waals surface area contributed by atoms with E-state index >= 15 is 0 Å². The predicted octanol–water partition coefficient (Wildman–Crippen LogP) is 2.74. The molecular weight excluding hydrogens is 270 g/mol. The van der Waals surface area contributed by atoms with Gasteiger partial charge in [-0.3, -0.25) is 0 Å². The Morgan fingerprint density at radius 3 is 2.67 bits per heavy atom. The van der Waals surface area contributed by atoms with Crippen LogP contribution in [0.25, 0.3) is 0 Å². The van der Waals surface area contributed by atoms with E-state index in [0.29, 0.717) is 12.3 Å².